The molecule has 0 saturated heterocycles. The average Bonchev–Trinajstić information content (AvgIpc) is 2.37. The second-order valence-electron chi connectivity index (χ2n) is 6.04. The van der Waals surface area contributed by atoms with Crippen molar-refractivity contribution in [2.75, 3.05) is 0 Å². The first-order chi connectivity index (χ1) is 9.35. The summed E-state index contributed by atoms with van der Waals surface area (Å²) in [6, 6.07) is 8.22. The van der Waals surface area contributed by atoms with Gasteiger partial charge in [0.25, 0.3) is 0 Å². The van der Waals surface area contributed by atoms with E-state index in [1.165, 1.54) is 18.4 Å². The Hall–Kier alpha value is -1.35. The molecule has 1 amide bonds. The molecule has 0 saturated carbocycles. The highest BCUT2D eigenvalue weighted by molar-refractivity contribution is 5.79. The molecule has 3 nitrogen and oxygen atoms in total. The zero-order valence-corrected chi connectivity index (χ0v) is 13.1. The number of aliphatic hydroxyl groups is 1. The van der Waals surface area contributed by atoms with Gasteiger partial charge >= 0.3 is 0 Å². The molecule has 0 aliphatic rings. The van der Waals surface area contributed by atoms with Gasteiger partial charge in [-0.15, -0.1) is 0 Å². The van der Waals surface area contributed by atoms with Gasteiger partial charge in [-0.05, 0) is 44.7 Å². The molecule has 0 aliphatic heterocycles. The number of aryl methyl sites for hydroxylation is 1. The van der Waals surface area contributed by atoms with Crippen LogP contribution in [-0.4, -0.2) is 22.7 Å². The van der Waals surface area contributed by atoms with Gasteiger partial charge in [-0.1, -0.05) is 37.6 Å². The van der Waals surface area contributed by atoms with Crippen molar-refractivity contribution in [3.8, 4) is 0 Å². The fraction of sp³-hybridized carbons (Fsp3) is 0.588. The molecule has 112 valence electrons. The van der Waals surface area contributed by atoms with Gasteiger partial charge in [-0.2, -0.15) is 0 Å². The van der Waals surface area contributed by atoms with Crippen LogP contribution in [0.25, 0.3) is 0 Å². The van der Waals surface area contributed by atoms with Gasteiger partial charge in [0.15, 0.2) is 0 Å². The lowest BCUT2D eigenvalue weighted by Gasteiger charge is -2.29. The van der Waals surface area contributed by atoms with E-state index in [0.717, 1.165) is 12.0 Å². The largest absolute Gasteiger partial charge is 0.391 e. The fourth-order valence-electron chi connectivity index (χ4n) is 1.90. The van der Waals surface area contributed by atoms with Crippen LogP contribution in [0.2, 0.25) is 0 Å². The van der Waals surface area contributed by atoms with E-state index in [1.807, 2.05) is 26.0 Å². The first kappa shape index (κ1) is 16.7. The van der Waals surface area contributed by atoms with Crippen molar-refractivity contribution < 1.29 is 9.90 Å². The van der Waals surface area contributed by atoms with Crippen LogP contribution in [0.15, 0.2) is 24.3 Å². The van der Waals surface area contributed by atoms with Gasteiger partial charge in [0.05, 0.1) is 18.1 Å². The first-order valence-corrected chi connectivity index (χ1v) is 7.42. The number of carbonyl (C=O) groups is 1. The second-order valence-corrected chi connectivity index (χ2v) is 6.04. The van der Waals surface area contributed by atoms with E-state index in [1.54, 1.807) is 6.92 Å². The van der Waals surface area contributed by atoms with Crippen molar-refractivity contribution in [3.05, 3.63) is 35.4 Å². The molecule has 2 N–H and O–H groups in total. The minimum absolute atomic E-state index is 0.0581. The number of benzene rings is 1. The number of hydrogen-bond donors (Lipinski definition) is 2. The predicted octanol–water partition coefficient (Wildman–Crippen LogP) is 2.85. The van der Waals surface area contributed by atoms with Crippen molar-refractivity contribution in [2.24, 2.45) is 0 Å². The Morgan fingerprint density at radius 2 is 1.80 bits per heavy atom. The smallest absolute Gasteiger partial charge is 0.224 e. The van der Waals surface area contributed by atoms with E-state index in [-0.39, 0.29) is 5.91 Å². The molecule has 0 aliphatic carbocycles. The molecule has 0 heterocycles. The third-order valence-electron chi connectivity index (χ3n) is 3.71. The van der Waals surface area contributed by atoms with Gasteiger partial charge in [-0.3, -0.25) is 4.79 Å². The molecular formula is C17H27NO2. The van der Waals surface area contributed by atoms with Crippen LogP contribution >= 0.6 is 0 Å². The van der Waals surface area contributed by atoms with Gasteiger partial charge in [-0.25, -0.2) is 0 Å². The highest BCUT2D eigenvalue weighted by atomic mass is 16.3. The molecule has 0 spiro atoms. The third kappa shape index (κ3) is 5.33. The summed E-state index contributed by atoms with van der Waals surface area (Å²) in [5.41, 5.74) is 1.72. The first-order valence-electron chi connectivity index (χ1n) is 7.42. The molecule has 0 aromatic heterocycles. The maximum atomic E-state index is 12.0. The topological polar surface area (TPSA) is 49.3 Å². The molecule has 1 unspecified atom stereocenters. The Kier molecular flexibility index (Phi) is 6.21. The van der Waals surface area contributed by atoms with Crippen LogP contribution in [0.1, 0.15) is 51.7 Å². The zero-order valence-electron chi connectivity index (χ0n) is 13.1. The van der Waals surface area contributed by atoms with Gasteiger partial charge in [0.2, 0.25) is 5.91 Å². The van der Waals surface area contributed by atoms with Crippen LogP contribution in [0, 0.1) is 0 Å². The Bertz CT molecular complexity index is 421. The highest BCUT2D eigenvalue weighted by Gasteiger charge is 2.25. The predicted molar refractivity (Wildman–Crippen MR) is 82.7 cm³/mol. The number of hydrogen-bond acceptors (Lipinski definition) is 2. The standard InChI is InChI=1S/C17H27NO2/c1-5-6-7-14-8-10-15(11-9-14)12-16(20)18-17(3,4)13(2)19/h8-11,13,19H,5-7,12H2,1-4H3,(H,18,20). The van der Waals surface area contributed by atoms with Crippen LogP contribution in [-0.2, 0) is 17.6 Å². The maximum Gasteiger partial charge on any atom is 0.224 e. The molecule has 1 aromatic rings. The van der Waals surface area contributed by atoms with E-state index in [2.05, 4.69) is 24.4 Å². The van der Waals surface area contributed by atoms with Crippen LogP contribution < -0.4 is 5.32 Å². The lowest BCUT2D eigenvalue weighted by molar-refractivity contribution is -0.123. The van der Waals surface area contributed by atoms with Crippen molar-refractivity contribution in [1.29, 1.82) is 0 Å². The van der Waals surface area contributed by atoms with Crippen LogP contribution in [0.5, 0.6) is 0 Å². The van der Waals surface area contributed by atoms with E-state index < -0.39 is 11.6 Å². The zero-order chi connectivity index (χ0) is 15.2. The van der Waals surface area contributed by atoms with Gasteiger partial charge in [0.1, 0.15) is 0 Å². The molecule has 1 atom stereocenters. The minimum Gasteiger partial charge on any atom is -0.391 e. The van der Waals surface area contributed by atoms with Gasteiger partial charge in [0, 0.05) is 0 Å². The fourth-order valence-corrected chi connectivity index (χ4v) is 1.90. The quantitative estimate of drug-likeness (QED) is 0.805. The summed E-state index contributed by atoms with van der Waals surface area (Å²) in [4.78, 5) is 12.0. The SMILES string of the molecule is CCCCc1ccc(CC(=O)NC(C)(C)C(C)O)cc1. The molecule has 1 rings (SSSR count). The number of unbranched alkanes of at least 4 members (excludes halogenated alkanes) is 1. The molecular weight excluding hydrogens is 250 g/mol. The van der Waals surface area contributed by atoms with Crippen molar-refractivity contribution >= 4 is 5.91 Å². The summed E-state index contributed by atoms with van der Waals surface area (Å²) in [5.74, 6) is -0.0581. The summed E-state index contributed by atoms with van der Waals surface area (Å²) in [6.07, 6.45) is 3.26. The summed E-state index contributed by atoms with van der Waals surface area (Å²) in [6.45, 7) is 7.51. The number of amides is 1. The minimum atomic E-state index is -0.599. The Morgan fingerprint density at radius 1 is 1.25 bits per heavy atom. The van der Waals surface area contributed by atoms with E-state index in [9.17, 15) is 9.90 Å². The van der Waals surface area contributed by atoms with E-state index >= 15 is 0 Å². The Labute approximate surface area is 122 Å². The maximum absolute atomic E-state index is 12.0. The van der Waals surface area contributed by atoms with E-state index in [4.69, 9.17) is 0 Å². The molecule has 3 heteroatoms. The Morgan fingerprint density at radius 3 is 2.30 bits per heavy atom. The summed E-state index contributed by atoms with van der Waals surface area (Å²) in [7, 11) is 0. The normalized spacial score (nSPS) is 13.1. The molecule has 20 heavy (non-hydrogen) atoms. The number of aliphatic hydroxyl groups excluding tert-OH is 1. The highest BCUT2D eigenvalue weighted by Crippen LogP contribution is 2.11. The second kappa shape index (κ2) is 7.44. The lowest BCUT2D eigenvalue weighted by Crippen LogP contribution is -2.51. The average molecular weight is 277 g/mol. The summed E-state index contributed by atoms with van der Waals surface area (Å²) in [5, 5.41) is 12.5. The molecule has 0 bridgehead atoms. The number of carbonyl (C=O) groups excluding carboxylic acids is 1. The molecule has 0 radical (unpaired) electrons. The van der Waals surface area contributed by atoms with Crippen LogP contribution in [0.4, 0.5) is 0 Å². The Balaban J connectivity index is 2.54. The summed E-state index contributed by atoms with van der Waals surface area (Å²) >= 11 is 0. The monoisotopic (exact) mass is 277 g/mol. The van der Waals surface area contributed by atoms with Crippen molar-refractivity contribution in [3.63, 3.8) is 0 Å². The molecule has 0 fully saturated rings. The van der Waals surface area contributed by atoms with Gasteiger partial charge < -0.3 is 10.4 Å². The molecule has 1 aromatic carbocycles. The number of nitrogens with one attached hydrogen (secondary N) is 1. The van der Waals surface area contributed by atoms with Crippen molar-refractivity contribution in [1.82, 2.24) is 5.32 Å². The van der Waals surface area contributed by atoms with Crippen molar-refractivity contribution in [2.45, 2.75) is 65.0 Å². The summed E-state index contributed by atoms with van der Waals surface area (Å²) < 4.78 is 0. The lowest BCUT2D eigenvalue weighted by atomic mass is 9.98. The number of rotatable bonds is 7. The van der Waals surface area contributed by atoms with Crippen LogP contribution in [0.3, 0.4) is 0 Å². The van der Waals surface area contributed by atoms with E-state index in [0.29, 0.717) is 6.42 Å². The third-order valence-corrected chi connectivity index (χ3v) is 3.71.